The van der Waals surface area contributed by atoms with E-state index in [9.17, 15) is 0 Å². The first kappa shape index (κ1) is 9.89. The predicted molar refractivity (Wildman–Crippen MR) is 57.4 cm³/mol. The van der Waals surface area contributed by atoms with E-state index in [1.54, 1.807) is 0 Å². The van der Waals surface area contributed by atoms with Crippen LogP contribution in [-0.2, 0) is 6.54 Å². The maximum absolute atomic E-state index is 5.85. The normalized spacial score (nSPS) is 11.1. The summed E-state index contributed by atoms with van der Waals surface area (Å²) in [6, 6.07) is 2.03. The third-order valence-electron chi connectivity index (χ3n) is 2.37. The van der Waals surface area contributed by atoms with Gasteiger partial charge in [-0.25, -0.2) is 4.98 Å². The van der Waals surface area contributed by atoms with Crippen LogP contribution >= 0.6 is 0 Å². The van der Waals surface area contributed by atoms with E-state index in [1.165, 1.54) is 0 Å². The average Bonchev–Trinajstić information content (AvgIpc) is 2.43. The maximum Gasteiger partial charge on any atom is 0.411 e. The maximum atomic E-state index is 5.85. The van der Waals surface area contributed by atoms with Gasteiger partial charge in [-0.1, -0.05) is 6.92 Å². The lowest BCUT2D eigenvalue weighted by molar-refractivity contribution is -0.748. The zero-order valence-corrected chi connectivity index (χ0v) is 9.36. The van der Waals surface area contributed by atoms with Crippen molar-refractivity contribution in [1.82, 2.24) is 14.5 Å². The summed E-state index contributed by atoms with van der Waals surface area (Å²) in [7, 11) is 0. The smallest absolute Gasteiger partial charge is 0.286 e. The van der Waals surface area contributed by atoms with Crippen LogP contribution in [0.1, 0.15) is 24.7 Å². The van der Waals surface area contributed by atoms with Gasteiger partial charge in [0.25, 0.3) is 0 Å². The third-order valence-corrected chi connectivity index (χ3v) is 2.37. The number of nitrogens with two attached hydrogens (primary N) is 1. The van der Waals surface area contributed by atoms with Crippen molar-refractivity contribution < 1.29 is 4.68 Å². The van der Waals surface area contributed by atoms with Crippen LogP contribution in [0.15, 0.2) is 6.07 Å². The second-order valence-electron chi connectivity index (χ2n) is 3.74. The molecule has 5 nitrogen and oxygen atoms in total. The Kier molecular flexibility index (Phi) is 2.30. The molecule has 2 aromatic heterocycles. The standard InChI is InChI=1S/C10H15N5/c1-4-5-14-9(11)13-10-12-7(2)6-8(3)15(10)14/h6,11H,4-5H2,1-3H3/p+1. The zero-order valence-electron chi connectivity index (χ0n) is 9.36. The molecule has 2 rings (SSSR count). The molecule has 0 aliphatic rings. The van der Waals surface area contributed by atoms with Crippen LogP contribution in [0.2, 0.25) is 0 Å². The summed E-state index contributed by atoms with van der Waals surface area (Å²) in [5, 5.41) is 0. The van der Waals surface area contributed by atoms with Gasteiger partial charge >= 0.3 is 11.7 Å². The molecule has 0 amide bonds. The summed E-state index contributed by atoms with van der Waals surface area (Å²) in [5.74, 6) is 1.21. The van der Waals surface area contributed by atoms with Gasteiger partial charge in [0.05, 0.1) is 12.2 Å². The minimum atomic E-state index is 0.526. The molecule has 0 unspecified atom stereocenters. The molecule has 2 N–H and O–H groups in total. The Morgan fingerprint density at radius 2 is 2.13 bits per heavy atom. The fraction of sp³-hybridized carbons (Fsp3) is 0.500. The molecule has 2 heterocycles. The summed E-state index contributed by atoms with van der Waals surface area (Å²) in [6.07, 6.45) is 1.02. The van der Waals surface area contributed by atoms with Crippen molar-refractivity contribution in [2.45, 2.75) is 33.7 Å². The monoisotopic (exact) mass is 206 g/mol. The van der Waals surface area contributed by atoms with Crippen molar-refractivity contribution in [2.24, 2.45) is 0 Å². The van der Waals surface area contributed by atoms with Crippen LogP contribution in [0.4, 0.5) is 5.95 Å². The Balaban J connectivity index is 2.75. The largest absolute Gasteiger partial charge is 0.411 e. The van der Waals surface area contributed by atoms with Crippen LogP contribution in [0.3, 0.4) is 0 Å². The molecule has 0 atom stereocenters. The molecular weight excluding hydrogens is 190 g/mol. The van der Waals surface area contributed by atoms with Crippen molar-refractivity contribution in [3.8, 4) is 0 Å². The molecule has 5 heteroatoms. The van der Waals surface area contributed by atoms with Crippen molar-refractivity contribution >= 4 is 11.7 Å². The van der Waals surface area contributed by atoms with E-state index in [0.717, 1.165) is 24.4 Å². The first-order valence-corrected chi connectivity index (χ1v) is 5.15. The molecule has 0 fully saturated rings. The van der Waals surface area contributed by atoms with Crippen molar-refractivity contribution in [1.29, 1.82) is 0 Å². The number of hydrogen-bond acceptors (Lipinski definition) is 3. The minimum absolute atomic E-state index is 0.526. The van der Waals surface area contributed by atoms with Gasteiger partial charge in [-0.15, -0.1) is 0 Å². The zero-order chi connectivity index (χ0) is 11.0. The number of nitrogen functional groups attached to an aromatic ring is 1. The molecule has 0 aliphatic heterocycles. The second-order valence-corrected chi connectivity index (χ2v) is 3.74. The van der Waals surface area contributed by atoms with Crippen LogP contribution in [0.5, 0.6) is 0 Å². The Labute approximate surface area is 88.6 Å². The quantitative estimate of drug-likeness (QED) is 0.733. The molecule has 0 aromatic carbocycles. The SMILES string of the molecule is CCC[n+]1c(N)nc2nc(C)cc(C)n21. The lowest BCUT2D eigenvalue weighted by Crippen LogP contribution is -2.42. The van der Waals surface area contributed by atoms with E-state index in [-0.39, 0.29) is 0 Å². The Hall–Kier alpha value is -1.65. The highest BCUT2D eigenvalue weighted by Gasteiger charge is 2.17. The van der Waals surface area contributed by atoms with Gasteiger partial charge in [-0.2, -0.15) is 9.20 Å². The van der Waals surface area contributed by atoms with Gasteiger partial charge < -0.3 is 0 Å². The fourth-order valence-corrected chi connectivity index (χ4v) is 1.82. The lowest BCUT2D eigenvalue weighted by atomic mass is 10.4. The fourth-order valence-electron chi connectivity index (χ4n) is 1.82. The predicted octanol–water partition coefficient (Wildman–Crippen LogP) is 0.626. The number of nitrogens with zero attached hydrogens (tertiary/aromatic N) is 4. The summed E-state index contributed by atoms with van der Waals surface area (Å²) in [6.45, 7) is 6.97. The number of aromatic nitrogens is 4. The number of aryl methyl sites for hydroxylation is 3. The highest BCUT2D eigenvalue weighted by atomic mass is 15.5. The molecule has 0 bridgehead atoms. The number of hydrogen-bond donors (Lipinski definition) is 1. The summed E-state index contributed by atoms with van der Waals surface area (Å²) in [4.78, 5) is 8.60. The van der Waals surface area contributed by atoms with Crippen molar-refractivity contribution in [3.05, 3.63) is 17.5 Å². The van der Waals surface area contributed by atoms with Gasteiger partial charge in [-0.05, 0) is 31.3 Å². The highest BCUT2D eigenvalue weighted by molar-refractivity contribution is 5.32. The van der Waals surface area contributed by atoms with Crippen LogP contribution in [-0.4, -0.2) is 14.5 Å². The molecule has 0 radical (unpaired) electrons. The first-order valence-electron chi connectivity index (χ1n) is 5.15. The van der Waals surface area contributed by atoms with Gasteiger partial charge in [0.2, 0.25) is 0 Å². The Bertz CT molecular complexity index is 500. The van der Waals surface area contributed by atoms with Crippen LogP contribution in [0, 0.1) is 13.8 Å². The number of rotatable bonds is 2. The Morgan fingerprint density at radius 3 is 2.80 bits per heavy atom. The van der Waals surface area contributed by atoms with E-state index in [0.29, 0.717) is 11.7 Å². The molecule has 0 saturated carbocycles. The molecule has 15 heavy (non-hydrogen) atoms. The van der Waals surface area contributed by atoms with Gasteiger partial charge in [0.15, 0.2) is 0 Å². The summed E-state index contributed by atoms with van der Waals surface area (Å²) < 4.78 is 3.92. The summed E-state index contributed by atoms with van der Waals surface area (Å²) >= 11 is 0. The topological polar surface area (TPSA) is 60.1 Å². The van der Waals surface area contributed by atoms with E-state index in [2.05, 4.69) is 16.9 Å². The van der Waals surface area contributed by atoms with Crippen LogP contribution < -0.4 is 10.4 Å². The van der Waals surface area contributed by atoms with Crippen LogP contribution in [0.25, 0.3) is 5.78 Å². The molecule has 0 saturated heterocycles. The van der Waals surface area contributed by atoms with E-state index < -0.39 is 0 Å². The van der Waals surface area contributed by atoms with Crippen molar-refractivity contribution in [3.63, 3.8) is 0 Å². The lowest BCUT2D eigenvalue weighted by Gasteiger charge is -2.02. The molecular formula is C10H16N5+. The van der Waals surface area contributed by atoms with Gasteiger partial charge in [0, 0.05) is 5.69 Å². The molecule has 2 aromatic rings. The highest BCUT2D eigenvalue weighted by Crippen LogP contribution is 2.04. The first-order chi connectivity index (χ1) is 7.13. The van der Waals surface area contributed by atoms with E-state index in [1.807, 2.05) is 29.1 Å². The molecule has 0 spiro atoms. The molecule has 0 aliphatic carbocycles. The Morgan fingerprint density at radius 1 is 1.40 bits per heavy atom. The van der Waals surface area contributed by atoms with Gasteiger partial charge in [-0.3, -0.25) is 5.73 Å². The minimum Gasteiger partial charge on any atom is -0.286 e. The van der Waals surface area contributed by atoms with E-state index in [4.69, 9.17) is 5.73 Å². The average molecular weight is 206 g/mol. The number of fused-ring (bicyclic) bond motifs is 1. The van der Waals surface area contributed by atoms with Crippen molar-refractivity contribution in [2.75, 3.05) is 5.73 Å². The van der Waals surface area contributed by atoms with E-state index >= 15 is 0 Å². The third kappa shape index (κ3) is 1.54. The second kappa shape index (κ2) is 3.49. The number of anilines is 1. The summed E-state index contributed by atoms with van der Waals surface area (Å²) in [5.41, 5.74) is 7.92. The van der Waals surface area contributed by atoms with Gasteiger partial charge in [0.1, 0.15) is 0 Å². The molecule has 80 valence electrons.